The Hall–Kier alpha value is -2.18. The highest BCUT2D eigenvalue weighted by Gasteiger charge is 2.10. The Kier molecular flexibility index (Phi) is 5.08. The Balaban J connectivity index is 1.83. The molecule has 1 aromatic heterocycles. The van der Waals surface area contributed by atoms with E-state index in [2.05, 4.69) is 10.6 Å². The summed E-state index contributed by atoms with van der Waals surface area (Å²) in [5.41, 5.74) is 1.96. The molecule has 0 aliphatic rings. The molecule has 1 atom stereocenters. The number of aliphatic hydroxyl groups is 1. The van der Waals surface area contributed by atoms with E-state index in [0.717, 1.165) is 5.56 Å². The molecule has 3 N–H and O–H groups in total. The van der Waals surface area contributed by atoms with Gasteiger partial charge in [0.15, 0.2) is 5.78 Å². The minimum Gasteiger partial charge on any atom is -0.387 e. The van der Waals surface area contributed by atoms with Crippen molar-refractivity contribution in [2.75, 3.05) is 11.9 Å². The lowest BCUT2D eigenvalue weighted by Crippen LogP contribution is -2.32. The van der Waals surface area contributed by atoms with Crippen LogP contribution in [0, 0.1) is 0 Å². The van der Waals surface area contributed by atoms with Gasteiger partial charge in [0.2, 0.25) is 0 Å². The van der Waals surface area contributed by atoms with Crippen molar-refractivity contribution in [1.29, 1.82) is 0 Å². The fourth-order valence-corrected chi connectivity index (χ4v) is 2.44. The maximum atomic E-state index is 11.7. The molecule has 0 bridgehead atoms. The number of benzene rings is 1. The minimum atomic E-state index is -0.720. The van der Waals surface area contributed by atoms with Crippen LogP contribution in [0.3, 0.4) is 0 Å². The number of anilines is 1. The molecule has 6 heteroatoms. The zero-order chi connectivity index (χ0) is 15.2. The molecule has 0 saturated carbocycles. The topological polar surface area (TPSA) is 78.4 Å². The van der Waals surface area contributed by atoms with Crippen LogP contribution in [0.5, 0.6) is 0 Å². The van der Waals surface area contributed by atoms with Crippen molar-refractivity contribution >= 4 is 28.8 Å². The molecule has 1 unspecified atom stereocenters. The number of hydrogen-bond acceptors (Lipinski definition) is 4. The summed E-state index contributed by atoms with van der Waals surface area (Å²) in [4.78, 5) is 22.8. The standard InChI is InChI=1S/C15H16N2O3S/c1-10(18)11-2-4-13(5-3-11)17-15(20)16-8-14(19)12-6-7-21-9-12/h2-7,9,14,19H,8H2,1H3,(H2,16,17,20). The molecule has 0 fully saturated rings. The first-order valence-corrected chi connectivity index (χ1v) is 7.36. The highest BCUT2D eigenvalue weighted by Crippen LogP contribution is 2.15. The molecule has 21 heavy (non-hydrogen) atoms. The van der Waals surface area contributed by atoms with Gasteiger partial charge in [-0.1, -0.05) is 0 Å². The third kappa shape index (κ3) is 4.40. The van der Waals surface area contributed by atoms with Gasteiger partial charge in [0.1, 0.15) is 0 Å². The van der Waals surface area contributed by atoms with Crippen molar-refractivity contribution in [2.24, 2.45) is 0 Å². The van der Waals surface area contributed by atoms with Crippen LogP contribution in [-0.2, 0) is 0 Å². The lowest BCUT2D eigenvalue weighted by molar-refractivity contribution is 0.101. The Morgan fingerprint density at radius 1 is 1.24 bits per heavy atom. The van der Waals surface area contributed by atoms with Gasteiger partial charge in [-0.15, -0.1) is 0 Å². The third-order valence-electron chi connectivity index (χ3n) is 2.93. The largest absolute Gasteiger partial charge is 0.387 e. The summed E-state index contributed by atoms with van der Waals surface area (Å²) in [6, 6.07) is 8.03. The first-order chi connectivity index (χ1) is 10.1. The maximum Gasteiger partial charge on any atom is 0.319 e. The van der Waals surface area contributed by atoms with Gasteiger partial charge < -0.3 is 15.7 Å². The number of nitrogens with one attached hydrogen (secondary N) is 2. The molecule has 2 amide bonds. The van der Waals surface area contributed by atoms with Crippen LogP contribution in [0.25, 0.3) is 0 Å². The van der Waals surface area contributed by atoms with Crippen LogP contribution in [-0.4, -0.2) is 23.5 Å². The number of thiophene rings is 1. The number of Topliss-reactive ketones (excluding diaryl/α,β-unsaturated/α-hetero) is 1. The molecule has 5 nitrogen and oxygen atoms in total. The van der Waals surface area contributed by atoms with Crippen molar-refractivity contribution in [1.82, 2.24) is 5.32 Å². The summed E-state index contributed by atoms with van der Waals surface area (Å²) in [6.07, 6.45) is -0.720. The molecular formula is C15H16N2O3S. The van der Waals surface area contributed by atoms with E-state index in [9.17, 15) is 14.7 Å². The summed E-state index contributed by atoms with van der Waals surface area (Å²) in [5.74, 6) is -0.0233. The number of carbonyl (C=O) groups is 2. The quantitative estimate of drug-likeness (QED) is 0.743. The van der Waals surface area contributed by atoms with Crippen LogP contribution >= 0.6 is 11.3 Å². The van der Waals surface area contributed by atoms with E-state index in [1.807, 2.05) is 16.8 Å². The van der Waals surface area contributed by atoms with Gasteiger partial charge in [-0.05, 0) is 53.6 Å². The van der Waals surface area contributed by atoms with E-state index in [4.69, 9.17) is 0 Å². The predicted molar refractivity (Wildman–Crippen MR) is 82.7 cm³/mol. The van der Waals surface area contributed by atoms with Crippen molar-refractivity contribution in [3.8, 4) is 0 Å². The zero-order valence-electron chi connectivity index (χ0n) is 11.5. The SMILES string of the molecule is CC(=O)c1ccc(NC(=O)NCC(O)c2ccsc2)cc1. The molecule has 0 spiro atoms. The number of ketones is 1. The summed E-state index contributed by atoms with van der Waals surface area (Å²) < 4.78 is 0. The number of hydrogen-bond donors (Lipinski definition) is 3. The van der Waals surface area contributed by atoms with Crippen LogP contribution in [0.4, 0.5) is 10.5 Å². The predicted octanol–water partition coefficient (Wildman–Crippen LogP) is 2.81. The molecule has 1 heterocycles. The molecular weight excluding hydrogens is 288 g/mol. The van der Waals surface area contributed by atoms with Gasteiger partial charge >= 0.3 is 6.03 Å². The van der Waals surface area contributed by atoms with Crippen LogP contribution in [0.1, 0.15) is 28.9 Å². The van der Waals surface area contributed by atoms with E-state index >= 15 is 0 Å². The van der Waals surface area contributed by atoms with Crippen LogP contribution < -0.4 is 10.6 Å². The lowest BCUT2D eigenvalue weighted by Gasteiger charge is -2.11. The molecule has 0 radical (unpaired) electrons. The molecule has 110 valence electrons. The molecule has 0 aliphatic heterocycles. The zero-order valence-corrected chi connectivity index (χ0v) is 12.3. The third-order valence-corrected chi connectivity index (χ3v) is 3.63. The molecule has 2 rings (SSSR count). The summed E-state index contributed by atoms with van der Waals surface area (Å²) in [7, 11) is 0. The number of urea groups is 1. The van der Waals surface area contributed by atoms with Gasteiger partial charge in [0.05, 0.1) is 6.10 Å². The van der Waals surface area contributed by atoms with Gasteiger partial charge in [0.25, 0.3) is 0 Å². The monoisotopic (exact) mass is 304 g/mol. The average molecular weight is 304 g/mol. The Bertz CT molecular complexity index is 608. The Morgan fingerprint density at radius 2 is 1.95 bits per heavy atom. The van der Waals surface area contributed by atoms with E-state index in [0.29, 0.717) is 11.3 Å². The Morgan fingerprint density at radius 3 is 2.52 bits per heavy atom. The van der Waals surface area contributed by atoms with Crippen LogP contribution in [0.2, 0.25) is 0 Å². The number of amides is 2. The summed E-state index contributed by atoms with van der Waals surface area (Å²) >= 11 is 1.49. The van der Waals surface area contributed by atoms with Crippen molar-refractivity contribution in [3.63, 3.8) is 0 Å². The summed E-state index contributed by atoms with van der Waals surface area (Å²) in [6.45, 7) is 1.62. The van der Waals surface area contributed by atoms with Gasteiger partial charge in [-0.3, -0.25) is 4.79 Å². The normalized spacial score (nSPS) is 11.7. The first-order valence-electron chi connectivity index (χ1n) is 6.42. The van der Waals surface area contributed by atoms with Crippen molar-refractivity contribution in [2.45, 2.75) is 13.0 Å². The fourth-order valence-electron chi connectivity index (χ4n) is 1.74. The summed E-state index contributed by atoms with van der Waals surface area (Å²) in [5, 5.41) is 18.8. The Labute approximate surface area is 126 Å². The minimum absolute atomic E-state index is 0.0233. The fraction of sp³-hybridized carbons (Fsp3) is 0.200. The second-order valence-corrected chi connectivity index (χ2v) is 5.32. The van der Waals surface area contributed by atoms with E-state index in [1.54, 1.807) is 24.3 Å². The highest BCUT2D eigenvalue weighted by molar-refractivity contribution is 7.07. The molecule has 2 aromatic rings. The van der Waals surface area contributed by atoms with Crippen molar-refractivity contribution < 1.29 is 14.7 Å². The van der Waals surface area contributed by atoms with E-state index < -0.39 is 12.1 Å². The van der Waals surface area contributed by atoms with E-state index in [-0.39, 0.29) is 12.3 Å². The highest BCUT2D eigenvalue weighted by atomic mass is 32.1. The second-order valence-electron chi connectivity index (χ2n) is 4.54. The molecule has 0 saturated heterocycles. The smallest absolute Gasteiger partial charge is 0.319 e. The van der Waals surface area contributed by atoms with Crippen molar-refractivity contribution in [3.05, 3.63) is 52.2 Å². The van der Waals surface area contributed by atoms with Crippen LogP contribution in [0.15, 0.2) is 41.1 Å². The second kappa shape index (κ2) is 7.01. The van der Waals surface area contributed by atoms with Gasteiger partial charge in [-0.25, -0.2) is 4.79 Å². The van der Waals surface area contributed by atoms with Gasteiger partial charge in [0, 0.05) is 17.8 Å². The molecule has 1 aromatic carbocycles. The van der Waals surface area contributed by atoms with E-state index in [1.165, 1.54) is 18.3 Å². The first kappa shape index (κ1) is 15.2. The van der Waals surface area contributed by atoms with Gasteiger partial charge in [-0.2, -0.15) is 11.3 Å². The lowest BCUT2D eigenvalue weighted by atomic mass is 10.1. The maximum absolute atomic E-state index is 11.7. The average Bonchev–Trinajstić information content (AvgIpc) is 2.99. The number of rotatable bonds is 5. The molecule has 0 aliphatic carbocycles. The number of aliphatic hydroxyl groups excluding tert-OH is 1. The number of carbonyl (C=O) groups excluding carboxylic acids is 2.